The highest BCUT2D eigenvalue weighted by molar-refractivity contribution is 6.30. The van der Waals surface area contributed by atoms with Crippen LogP contribution < -0.4 is 5.32 Å². The van der Waals surface area contributed by atoms with Crippen LogP contribution in [-0.4, -0.2) is 17.8 Å². The largest absolute Gasteiger partial charge is 0.455 e. The van der Waals surface area contributed by atoms with E-state index in [1.807, 2.05) is 36.4 Å². The molecule has 1 heterocycles. The van der Waals surface area contributed by atoms with Crippen LogP contribution in [0, 0.1) is 0 Å². The van der Waals surface area contributed by atoms with Crippen LogP contribution in [-0.2, 0) is 6.54 Å². The molecule has 19 heavy (non-hydrogen) atoms. The smallest absolute Gasteiger partial charge is 0.158 e. The number of aliphatic hydroxyl groups is 1. The molecule has 0 aliphatic heterocycles. The zero-order valence-corrected chi connectivity index (χ0v) is 11.7. The first-order chi connectivity index (χ1) is 9.22. The number of benzene rings is 1. The second-order valence-corrected chi connectivity index (χ2v) is 5.00. The number of rotatable bonds is 6. The van der Waals surface area contributed by atoms with E-state index in [-0.39, 0.29) is 12.6 Å². The van der Waals surface area contributed by atoms with Crippen LogP contribution in [0.3, 0.4) is 0 Å². The van der Waals surface area contributed by atoms with Gasteiger partial charge in [-0.25, -0.2) is 0 Å². The molecule has 0 fully saturated rings. The molecule has 0 spiro atoms. The molecule has 1 aromatic heterocycles. The van der Waals surface area contributed by atoms with Gasteiger partial charge in [-0.3, -0.25) is 0 Å². The van der Waals surface area contributed by atoms with Crippen molar-refractivity contribution < 1.29 is 14.8 Å². The van der Waals surface area contributed by atoms with Gasteiger partial charge in [-0.2, -0.15) is 0 Å². The van der Waals surface area contributed by atoms with Gasteiger partial charge in [-0.1, -0.05) is 18.5 Å². The number of nitrogens with two attached hydrogens (primary N) is 1. The number of hydrogen-bond acceptors (Lipinski definition) is 2. The molecule has 3 N–H and O–H groups in total. The van der Waals surface area contributed by atoms with Crippen LogP contribution in [0.4, 0.5) is 0 Å². The van der Waals surface area contributed by atoms with E-state index >= 15 is 0 Å². The van der Waals surface area contributed by atoms with Crippen LogP contribution in [0.25, 0.3) is 11.3 Å². The molecule has 4 heteroatoms. The zero-order valence-electron chi connectivity index (χ0n) is 11.0. The van der Waals surface area contributed by atoms with Gasteiger partial charge in [0.05, 0.1) is 6.61 Å². The van der Waals surface area contributed by atoms with Crippen molar-refractivity contribution in [1.82, 2.24) is 0 Å². The van der Waals surface area contributed by atoms with Crippen molar-refractivity contribution in [2.24, 2.45) is 0 Å². The second kappa shape index (κ2) is 6.75. The molecule has 0 amide bonds. The van der Waals surface area contributed by atoms with Crippen LogP contribution in [0.5, 0.6) is 0 Å². The highest BCUT2D eigenvalue weighted by Crippen LogP contribution is 2.23. The lowest BCUT2D eigenvalue weighted by Gasteiger charge is -2.08. The first-order valence-electron chi connectivity index (χ1n) is 6.51. The van der Waals surface area contributed by atoms with Crippen molar-refractivity contribution in [2.45, 2.75) is 25.9 Å². The highest BCUT2D eigenvalue weighted by atomic mass is 35.5. The molecule has 0 unspecified atom stereocenters. The molecule has 2 rings (SSSR count). The van der Waals surface area contributed by atoms with Gasteiger partial charge in [-0.15, -0.1) is 0 Å². The highest BCUT2D eigenvalue weighted by Gasteiger charge is 2.10. The molecular formula is C15H19ClNO2+. The van der Waals surface area contributed by atoms with Gasteiger partial charge in [0, 0.05) is 10.6 Å². The summed E-state index contributed by atoms with van der Waals surface area (Å²) in [5.41, 5.74) is 1.02. The maximum Gasteiger partial charge on any atom is 0.158 e. The van der Waals surface area contributed by atoms with Crippen molar-refractivity contribution in [2.75, 3.05) is 6.61 Å². The van der Waals surface area contributed by atoms with Crippen molar-refractivity contribution in [3.63, 3.8) is 0 Å². The molecule has 0 aliphatic rings. The number of quaternary nitrogens is 1. The van der Waals surface area contributed by atoms with Gasteiger partial charge in [0.25, 0.3) is 0 Å². The van der Waals surface area contributed by atoms with Crippen molar-refractivity contribution in [1.29, 1.82) is 0 Å². The third-order valence-corrected chi connectivity index (χ3v) is 3.45. The Kier molecular flexibility index (Phi) is 5.02. The van der Waals surface area contributed by atoms with Gasteiger partial charge in [0.1, 0.15) is 18.3 Å². The maximum absolute atomic E-state index is 9.14. The molecule has 0 bridgehead atoms. The Morgan fingerprint density at radius 1 is 1.21 bits per heavy atom. The lowest BCUT2D eigenvalue weighted by molar-refractivity contribution is -0.707. The average Bonchev–Trinajstić information content (AvgIpc) is 2.89. The molecule has 102 valence electrons. The normalized spacial score (nSPS) is 12.6. The fourth-order valence-corrected chi connectivity index (χ4v) is 2.04. The molecule has 2 aromatic rings. The van der Waals surface area contributed by atoms with E-state index < -0.39 is 0 Å². The monoisotopic (exact) mass is 280 g/mol. The Balaban J connectivity index is 2.01. The lowest BCUT2D eigenvalue weighted by atomic mass is 10.2. The standard InChI is InChI=1S/C15H18ClNO2/c1-2-13(10-18)17-9-14-7-8-15(19-14)11-3-5-12(16)6-4-11/h3-8,13,17-18H,2,9-10H2,1H3/p+1/t13-/m1/s1. The quantitative estimate of drug-likeness (QED) is 0.854. The van der Waals surface area contributed by atoms with E-state index in [0.29, 0.717) is 0 Å². The lowest BCUT2D eigenvalue weighted by Crippen LogP contribution is -2.89. The third kappa shape index (κ3) is 3.83. The Labute approximate surface area is 118 Å². The minimum atomic E-state index is 0.196. The SMILES string of the molecule is CC[C@H](CO)[NH2+]Cc1ccc(-c2ccc(Cl)cc2)o1. The van der Waals surface area contributed by atoms with Crippen LogP contribution in [0.1, 0.15) is 19.1 Å². The molecular weight excluding hydrogens is 262 g/mol. The van der Waals surface area contributed by atoms with Crippen LogP contribution in [0.15, 0.2) is 40.8 Å². The average molecular weight is 281 g/mol. The van der Waals surface area contributed by atoms with Crippen molar-refractivity contribution >= 4 is 11.6 Å². The summed E-state index contributed by atoms with van der Waals surface area (Å²) in [7, 11) is 0. The number of halogens is 1. The summed E-state index contributed by atoms with van der Waals surface area (Å²) in [4.78, 5) is 0. The van der Waals surface area contributed by atoms with Crippen LogP contribution >= 0.6 is 11.6 Å². The van der Waals surface area contributed by atoms with E-state index in [2.05, 4.69) is 12.2 Å². The molecule has 0 aliphatic carbocycles. The fourth-order valence-electron chi connectivity index (χ4n) is 1.91. The van der Waals surface area contributed by atoms with Gasteiger partial charge in [0.15, 0.2) is 5.76 Å². The Hall–Kier alpha value is -1.29. The van der Waals surface area contributed by atoms with E-state index in [0.717, 1.165) is 35.1 Å². The van der Waals surface area contributed by atoms with Gasteiger partial charge < -0.3 is 14.8 Å². The molecule has 0 saturated heterocycles. The van der Waals surface area contributed by atoms with E-state index in [1.54, 1.807) is 0 Å². The van der Waals surface area contributed by atoms with E-state index in [4.69, 9.17) is 21.1 Å². The predicted molar refractivity (Wildman–Crippen MR) is 75.9 cm³/mol. The zero-order chi connectivity index (χ0) is 13.7. The van der Waals surface area contributed by atoms with E-state index in [9.17, 15) is 0 Å². The van der Waals surface area contributed by atoms with Gasteiger partial charge in [0.2, 0.25) is 0 Å². The fraction of sp³-hybridized carbons (Fsp3) is 0.333. The van der Waals surface area contributed by atoms with Crippen molar-refractivity contribution in [3.8, 4) is 11.3 Å². The first kappa shape index (κ1) is 14.1. The summed E-state index contributed by atoms with van der Waals surface area (Å²) < 4.78 is 5.79. The summed E-state index contributed by atoms with van der Waals surface area (Å²) >= 11 is 5.86. The van der Waals surface area contributed by atoms with Crippen LogP contribution in [0.2, 0.25) is 5.02 Å². The third-order valence-electron chi connectivity index (χ3n) is 3.20. The summed E-state index contributed by atoms with van der Waals surface area (Å²) in [5.74, 6) is 1.76. The molecule has 0 radical (unpaired) electrons. The maximum atomic E-state index is 9.14. The summed E-state index contributed by atoms with van der Waals surface area (Å²) in [6.45, 7) is 3.01. The Morgan fingerprint density at radius 2 is 1.95 bits per heavy atom. The topological polar surface area (TPSA) is 50.0 Å². The molecule has 1 atom stereocenters. The molecule has 3 nitrogen and oxygen atoms in total. The number of hydrogen-bond donors (Lipinski definition) is 2. The van der Waals surface area contributed by atoms with Gasteiger partial charge in [-0.05, 0) is 42.8 Å². The van der Waals surface area contributed by atoms with Gasteiger partial charge >= 0.3 is 0 Å². The minimum Gasteiger partial charge on any atom is -0.455 e. The minimum absolute atomic E-state index is 0.196. The first-order valence-corrected chi connectivity index (χ1v) is 6.89. The molecule has 0 saturated carbocycles. The Morgan fingerprint density at radius 3 is 2.58 bits per heavy atom. The number of aliphatic hydroxyl groups excluding tert-OH is 1. The second-order valence-electron chi connectivity index (χ2n) is 4.56. The number of furan rings is 1. The summed E-state index contributed by atoms with van der Waals surface area (Å²) in [5, 5.41) is 12.0. The summed E-state index contributed by atoms with van der Waals surface area (Å²) in [6.07, 6.45) is 0.946. The molecule has 1 aromatic carbocycles. The van der Waals surface area contributed by atoms with Crippen molar-refractivity contribution in [3.05, 3.63) is 47.2 Å². The Bertz CT molecular complexity index is 503. The summed E-state index contributed by atoms with van der Waals surface area (Å²) in [6, 6.07) is 11.8. The van der Waals surface area contributed by atoms with E-state index in [1.165, 1.54) is 0 Å². The predicted octanol–water partition coefficient (Wildman–Crippen LogP) is 2.43.